The molecule has 0 atom stereocenters. The minimum atomic E-state index is -0.689. The number of hydrogen-bond acceptors (Lipinski definition) is 2. The van der Waals surface area contributed by atoms with Crippen LogP contribution in [0.1, 0.15) is 11.1 Å². The molecule has 2 aromatic carbocycles. The zero-order valence-corrected chi connectivity index (χ0v) is 10.5. The highest BCUT2D eigenvalue weighted by atomic mass is 19.1. The van der Waals surface area contributed by atoms with Gasteiger partial charge in [-0.15, -0.1) is 0 Å². The molecule has 98 valence electrons. The number of hydrogen-bond donors (Lipinski definition) is 0. The van der Waals surface area contributed by atoms with Crippen molar-refractivity contribution in [1.82, 2.24) is 0 Å². The molecule has 0 aliphatic rings. The van der Waals surface area contributed by atoms with E-state index in [4.69, 9.17) is 0 Å². The number of halogens is 2. The highest BCUT2D eigenvalue weighted by Crippen LogP contribution is 2.23. The number of azo groups is 1. The van der Waals surface area contributed by atoms with E-state index in [1.54, 1.807) is 26.0 Å². The van der Waals surface area contributed by atoms with Crippen LogP contribution in [0.5, 0.6) is 0 Å². The van der Waals surface area contributed by atoms with Crippen molar-refractivity contribution in [3.8, 4) is 0 Å². The summed E-state index contributed by atoms with van der Waals surface area (Å²) >= 11 is 0. The number of rotatable bonds is 2. The topological polar surface area (TPSA) is 38.4 Å². The lowest BCUT2D eigenvalue weighted by Gasteiger charge is -2.02. The third-order valence-corrected chi connectivity index (χ3v) is 2.61. The molecule has 5 heteroatoms. The Labute approximate surface area is 109 Å². The van der Waals surface area contributed by atoms with Crippen molar-refractivity contribution in [1.29, 1.82) is 0 Å². The van der Waals surface area contributed by atoms with Gasteiger partial charge in [-0.1, -0.05) is 12.1 Å². The number of benzene rings is 2. The zero-order valence-electron chi connectivity index (χ0n) is 10.5. The SMILES string of the molecule is Cc1ccc(N=[N+]([O-])c2ccc(C)cc2F)c(F)c1. The molecule has 0 amide bonds. The molecule has 0 fully saturated rings. The van der Waals surface area contributed by atoms with Gasteiger partial charge in [0.2, 0.25) is 0 Å². The van der Waals surface area contributed by atoms with Crippen LogP contribution in [-0.2, 0) is 0 Å². The standard InChI is InChI=1S/C14H12F2N2O/c1-9-3-5-13(11(15)7-9)17-18(19)14-6-4-10(2)8-12(14)16/h3-8H,1-2H3. The van der Waals surface area contributed by atoms with Crippen molar-refractivity contribution >= 4 is 11.4 Å². The van der Waals surface area contributed by atoms with Crippen molar-refractivity contribution in [2.45, 2.75) is 13.8 Å². The highest BCUT2D eigenvalue weighted by Gasteiger charge is 2.13. The summed E-state index contributed by atoms with van der Waals surface area (Å²) in [5.74, 6) is -1.31. The van der Waals surface area contributed by atoms with E-state index in [1.807, 2.05) is 0 Å². The van der Waals surface area contributed by atoms with Crippen molar-refractivity contribution in [3.63, 3.8) is 0 Å². The summed E-state index contributed by atoms with van der Waals surface area (Å²) < 4.78 is 27.1. The van der Waals surface area contributed by atoms with E-state index in [-0.39, 0.29) is 16.2 Å². The van der Waals surface area contributed by atoms with E-state index >= 15 is 0 Å². The Morgan fingerprint density at radius 1 is 0.947 bits per heavy atom. The van der Waals surface area contributed by atoms with Gasteiger partial charge >= 0.3 is 0 Å². The molecular formula is C14H12F2N2O. The summed E-state index contributed by atoms with van der Waals surface area (Å²) in [5.41, 5.74) is 1.04. The third kappa shape index (κ3) is 2.93. The molecule has 0 radical (unpaired) electrons. The van der Waals surface area contributed by atoms with Gasteiger partial charge in [-0.25, -0.2) is 4.39 Å². The fourth-order valence-corrected chi connectivity index (χ4v) is 1.61. The average Bonchev–Trinajstić information content (AvgIpc) is 2.32. The van der Waals surface area contributed by atoms with Gasteiger partial charge in [0.25, 0.3) is 5.69 Å². The van der Waals surface area contributed by atoms with Crippen LogP contribution in [0.4, 0.5) is 20.2 Å². The van der Waals surface area contributed by atoms with E-state index in [0.717, 1.165) is 5.56 Å². The Hall–Kier alpha value is -2.30. The second kappa shape index (κ2) is 5.14. The number of nitrogens with zero attached hydrogens (tertiary/aromatic N) is 2. The smallest absolute Gasteiger partial charge is 0.280 e. The summed E-state index contributed by atoms with van der Waals surface area (Å²) in [4.78, 5) is 0.0858. The lowest BCUT2D eigenvalue weighted by Crippen LogP contribution is -1.95. The van der Waals surface area contributed by atoms with E-state index in [9.17, 15) is 14.0 Å². The van der Waals surface area contributed by atoms with E-state index < -0.39 is 11.6 Å². The molecule has 0 unspecified atom stereocenters. The first-order chi connectivity index (χ1) is 8.97. The second-order valence-electron chi connectivity index (χ2n) is 4.28. The summed E-state index contributed by atoms with van der Waals surface area (Å²) in [5, 5.41) is 15.2. The lowest BCUT2D eigenvalue weighted by molar-refractivity contribution is -0.437. The second-order valence-corrected chi connectivity index (χ2v) is 4.28. The Kier molecular flexibility index (Phi) is 3.55. The molecule has 0 aliphatic heterocycles. The van der Waals surface area contributed by atoms with Crippen LogP contribution in [0.15, 0.2) is 41.5 Å². The molecule has 2 rings (SSSR count). The molecule has 0 N–H and O–H groups in total. The summed E-state index contributed by atoms with van der Waals surface area (Å²) in [7, 11) is 0. The van der Waals surface area contributed by atoms with Crippen LogP contribution in [-0.4, -0.2) is 4.86 Å². The Morgan fingerprint density at radius 3 is 2.11 bits per heavy atom. The Morgan fingerprint density at radius 2 is 1.53 bits per heavy atom. The van der Waals surface area contributed by atoms with Crippen LogP contribution in [0.3, 0.4) is 0 Å². The van der Waals surface area contributed by atoms with Crippen molar-refractivity contribution in [2.24, 2.45) is 5.11 Å². The monoisotopic (exact) mass is 262 g/mol. The van der Waals surface area contributed by atoms with E-state index in [0.29, 0.717) is 5.56 Å². The molecule has 19 heavy (non-hydrogen) atoms. The Balaban J connectivity index is 2.42. The van der Waals surface area contributed by atoms with Gasteiger partial charge in [-0.3, -0.25) is 0 Å². The van der Waals surface area contributed by atoms with Gasteiger partial charge in [-0.2, -0.15) is 4.39 Å². The molecule has 2 aromatic rings. The van der Waals surface area contributed by atoms with Crippen LogP contribution in [0.25, 0.3) is 0 Å². The van der Waals surface area contributed by atoms with Crippen molar-refractivity contribution in [2.75, 3.05) is 0 Å². The van der Waals surface area contributed by atoms with Crippen LogP contribution in [0.2, 0.25) is 0 Å². The van der Waals surface area contributed by atoms with Crippen LogP contribution in [0, 0.1) is 30.7 Å². The first kappa shape index (κ1) is 13.1. The molecule has 0 aromatic heterocycles. The van der Waals surface area contributed by atoms with Gasteiger partial charge in [0.05, 0.1) is 0 Å². The predicted octanol–water partition coefficient (Wildman–Crippen LogP) is 4.51. The minimum absolute atomic E-state index is 0.0858. The fraction of sp³-hybridized carbons (Fsp3) is 0.143. The summed E-state index contributed by atoms with van der Waals surface area (Å²) in [6.45, 7) is 3.43. The van der Waals surface area contributed by atoms with Crippen LogP contribution >= 0.6 is 0 Å². The van der Waals surface area contributed by atoms with E-state index in [1.165, 1.54) is 24.3 Å². The predicted molar refractivity (Wildman–Crippen MR) is 67.6 cm³/mol. The maximum absolute atomic E-state index is 13.6. The van der Waals surface area contributed by atoms with Gasteiger partial charge in [0.15, 0.2) is 17.3 Å². The van der Waals surface area contributed by atoms with Crippen molar-refractivity contribution < 1.29 is 13.6 Å². The van der Waals surface area contributed by atoms with E-state index in [2.05, 4.69) is 5.11 Å². The van der Waals surface area contributed by atoms with Gasteiger partial charge in [0, 0.05) is 11.2 Å². The Bertz CT molecular complexity index is 654. The lowest BCUT2D eigenvalue weighted by atomic mass is 10.2. The summed E-state index contributed by atoms with van der Waals surface area (Å²) in [6.07, 6.45) is 0. The minimum Gasteiger partial charge on any atom is -0.594 e. The highest BCUT2D eigenvalue weighted by molar-refractivity contribution is 5.40. The van der Waals surface area contributed by atoms with Crippen LogP contribution < -0.4 is 0 Å². The largest absolute Gasteiger partial charge is 0.594 e. The molecule has 0 bridgehead atoms. The molecule has 0 saturated carbocycles. The molecule has 0 saturated heterocycles. The maximum atomic E-state index is 13.6. The first-order valence-electron chi connectivity index (χ1n) is 5.68. The summed E-state index contributed by atoms with van der Waals surface area (Å²) in [6, 6.07) is 8.39. The maximum Gasteiger partial charge on any atom is 0.280 e. The first-order valence-corrected chi connectivity index (χ1v) is 5.68. The van der Waals surface area contributed by atoms with Gasteiger partial charge < -0.3 is 5.21 Å². The third-order valence-electron chi connectivity index (χ3n) is 2.61. The van der Waals surface area contributed by atoms with Crippen molar-refractivity contribution in [3.05, 3.63) is 64.4 Å². The molecule has 0 heterocycles. The fourth-order valence-electron chi connectivity index (χ4n) is 1.61. The molecule has 0 aliphatic carbocycles. The number of aryl methyl sites for hydroxylation is 2. The average molecular weight is 262 g/mol. The van der Waals surface area contributed by atoms with Gasteiger partial charge in [0.1, 0.15) is 0 Å². The van der Waals surface area contributed by atoms with Gasteiger partial charge in [-0.05, 0) is 48.0 Å². The zero-order chi connectivity index (χ0) is 14.0. The molecule has 0 spiro atoms. The molecular weight excluding hydrogens is 250 g/mol. The molecule has 3 nitrogen and oxygen atoms in total. The normalized spacial score (nSPS) is 11.7. The quantitative estimate of drug-likeness (QED) is 0.446.